The minimum absolute atomic E-state index is 0.129. The Morgan fingerprint density at radius 2 is 1.67 bits per heavy atom. The number of nitrogens with two attached hydrogens (primary N) is 1. The van der Waals surface area contributed by atoms with Crippen LogP contribution in [0.5, 0.6) is 0 Å². The predicted octanol–water partition coefficient (Wildman–Crippen LogP) is 1.56. The highest BCUT2D eigenvalue weighted by Crippen LogP contribution is 2.20. The van der Waals surface area contributed by atoms with Gasteiger partial charge in [-0.05, 0) is 85.4 Å². The summed E-state index contributed by atoms with van der Waals surface area (Å²) in [5, 5.41) is 21.3. The molecule has 1 aliphatic heterocycles. The number of hydrogen-bond donors (Lipinski definition) is 5. The first-order valence-corrected chi connectivity index (χ1v) is 14.3. The highest BCUT2D eigenvalue weighted by Gasteiger charge is 2.38. The number of benzene rings is 1. The molecule has 238 valence electrons. The lowest BCUT2D eigenvalue weighted by Crippen LogP contribution is -2.56. The van der Waals surface area contributed by atoms with Crippen LogP contribution in [0, 0.1) is 10.1 Å². The van der Waals surface area contributed by atoms with E-state index >= 15 is 0 Å². The molecule has 0 aliphatic carbocycles. The van der Waals surface area contributed by atoms with Crippen LogP contribution < -0.4 is 27.0 Å². The van der Waals surface area contributed by atoms with Crippen molar-refractivity contribution in [3.8, 4) is 0 Å². The van der Waals surface area contributed by atoms with Gasteiger partial charge in [-0.1, -0.05) is 0 Å². The number of likely N-dealkylation sites (tertiary alicyclic amines) is 1. The molecular weight excluding hydrogens is 562 g/mol. The molecule has 15 heteroatoms. The van der Waals surface area contributed by atoms with Gasteiger partial charge >= 0.3 is 6.09 Å². The second kappa shape index (κ2) is 15.8. The minimum Gasteiger partial charge on any atom is -0.444 e. The van der Waals surface area contributed by atoms with Crippen LogP contribution in [0.4, 0.5) is 16.2 Å². The van der Waals surface area contributed by atoms with Crippen LogP contribution in [0.1, 0.15) is 66.7 Å². The van der Waals surface area contributed by atoms with Crippen LogP contribution in [-0.4, -0.2) is 82.4 Å². The SMILES string of the molecule is C[C@H](NC(=O)OC(C)(C)C)C(=O)N[C@@H](C)C(=O)N1CCC[C@H]1C(=O)N[C@@H](CCCCN)C(=O)Nc1ccc([N+](=O)[O-])cc1. The van der Waals surface area contributed by atoms with E-state index in [4.69, 9.17) is 10.5 Å². The van der Waals surface area contributed by atoms with Crippen molar-refractivity contribution in [3.63, 3.8) is 0 Å². The fraction of sp³-hybridized carbons (Fsp3) is 0.607. The van der Waals surface area contributed by atoms with Crippen LogP contribution in [0.25, 0.3) is 0 Å². The summed E-state index contributed by atoms with van der Waals surface area (Å²) in [6.45, 7) is 8.70. The predicted molar refractivity (Wildman–Crippen MR) is 158 cm³/mol. The average Bonchev–Trinajstić information content (AvgIpc) is 3.41. The first-order chi connectivity index (χ1) is 20.1. The number of unbranched alkanes of at least 4 members (excludes halogenated alkanes) is 1. The molecule has 4 atom stereocenters. The van der Waals surface area contributed by atoms with Crippen molar-refractivity contribution >= 4 is 41.1 Å². The number of amides is 5. The molecule has 0 saturated carbocycles. The Morgan fingerprint density at radius 3 is 2.26 bits per heavy atom. The van der Waals surface area contributed by atoms with Crippen molar-refractivity contribution in [1.29, 1.82) is 0 Å². The number of carbonyl (C=O) groups is 5. The Bertz CT molecular complexity index is 1170. The molecule has 1 fully saturated rings. The van der Waals surface area contributed by atoms with Gasteiger partial charge in [0.25, 0.3) is 5.69 Å². The van der Waals surface area contributed by atoms with Gasteiger partial charge in [-0.3, -0.25) is 29.3 Å². The van der Waals surface area contributed by atoms with Crippen molar-refractivity contribution in [2.75, 3.05) is 18.4 Å². The summed E-state index contributed by atoms with van der Waals surface area (Å²) >= 11 is 0. The van der Waals surface area contributed by atoms with Gasteiger partial charge in [0, 0.05) is 24.4 Å². The lowest BCUT2D eigenvalue weighted by molar-refractivity contribution is -0.384. The van der Waals surface area contributed by atoms with Crippen LogP contribution in [0.3, 0.4) is 0 Å². The molecular formula is C28H43N7O8. The van der Waals surface area contributed by atoms with Crippen LogP contribution in [0.15, 0.2) is 24.3 Å². The summed E-state index contributed by atoms with van der Waals surface area (Å²) in [7, 11) is 0. The van der Waals surface area contributed by atoms with E-state index < -0.39 is 64.4 Å². The number of alkyl carbamates (subject to hydrolysis) is 1. The molecule has 6 N–H and O–H groups in total. The van der Waals surface area contributed by atoms with Gasteiger partial charge < -0.3 is 36.6 Å². The van der Waals surface area contributed by atoms with E-state index in [9.17, 15) is 34.1 Å². The molecule has 0 unspecified atom stereocenters. The van der Waals surface area contributed by atoms with E-state index in [1.165, 1.54) is 43.0 Å². The zero-order chi connectivity index (χ0) is 32.3. The Labute approximate surface area is 250 Å². The molecule has 1 aliphatic rings. The van der Waals surface area contributed by atoms with Crippen LogP contribution >= 0.6 is 0 Å². The third-order valence-electron chi connectivity index (χ3n) is 6.62. The van der Waals surface area contributed by atoms with Crippen molar-refractivity contribution in [3.05, 3.63) is 34.4 Å². The minimum atomic E-state index is -0.991. The molecule has 0 spiro atoms. The van der Waals surface area contributed by atoms with Gasteiger partial charge in [0.2, 0.25) is 23.6 Å². The van der Waals surface area contributed by atoms with Crippen molar-refractivity contribution in [1.82, 2.24) is 20.9 Å². The number of anilines is 1. The number of non-ortho nitro benzene ring substituents is 1. The molecule has 1 aromatic rings. The number of nitrogens with one attached hydrogen (secondary N) is 4. The van der Waals surface area contributed by atoms with Crippen LogP contribution in [0.2, 0.25) is 0 Å². The van der Waals surface area contributed by atoms with E-state index in [0.717, 1.165) is 0 Å². The molecule has 15 nitrogen and oxygen atoms in total. The van der Waals surface area contributed by atoms with Gasteiger partial charge in [-0.2, -0.15) is 0 Å². The number of nitro groups is 1. The van der Waals surface area contributed by atoms with Gasteiger partial charge in [0.05, 0.1) is 4.92 Å². The first-order valence-electron chi connectivity index (χ1n) is 14.3. The zero-order valence-electron chi connectivity index (χ0n) is 25.3. The normalized spacial score (nSPS) is 16.8. The zero-order valence-corrected chi connectivity index (χ0v) is 25.3. The highest BCUT2D eigenvalue weighted by molar-refractivity contribution is 5.99. The summed E-state index contributed by atoms with van der Waals surface area (Å²) in [5.74, 6) is -2.11. The third kappa shape index (κ3) is 11.1. The van der Waals surface area contributed by atoms with E-state index in [-0.39, 0.29) is 18.7 Å². The Hall–Kier alpha value is -4.27. The first kappa shape index (κ1) is 34.9. The maximum absolute atomic E-state index is 13.3. The average molecular weight is 606 g/mol. The topological polar surface area (TPSA) is 215 Å². The molecule has 1 saturated heterocycles. The molecule has 0 bridgehead atoms. The number of hydrogen-bond acceptors (Lipinski definition) is 9. The van der Waals surface area contributed by atoms with Crippen molar-refractivity contribution in [2.24, 2.45) is 5.73 Å². The smallest absolute Gasteiger partial charge is 0.408 e. The van der Waals surface area contributed by atoms with Gasteiger partial charge in [0.1, 0.15) is 29.8 Å². The Balaban J connectivity index is 2.03. The molecule has 0 aromatic heterocycles. The fourth-order valence-corrected chi connectivity index (χ4v) is 4.43. The van der Waals surface area contributed by atoms with E-state index in [0.29, 0.717) is 37.9 Å². The van der Waals surface area contributed by atoms with E-state index in [1.807, 2.05) is 0 Å². The molecule has 0 radical (unpaired) electrons. The van der Waals surface area contributed by atoms with E-state index in [2.05, 4.69) is 21.3 Å². The van der Waals surface area contributed by atoms with Crippen LogP contribution in [-0.2, 0) is 23.9 Å². The molecule has 2 rings (SSSR count). The maximum Gasteiger partial charge on any atom is 0.408 e. The summed E-state index contributed by atoms with van der Waals surface area (Å²) < 4.78 is 5.15. The molecule has 43 heavy (non-hydrogen) atoms. The largest absolute Gasteiger partial charge is 0.444 e. The standard InChI is InChI=1S/C28H43N7O8/c1-17(31-27(40)43-28(3,4)5)23(36)30-18(2)26(39)34-16-8-10-22(34)25(38)33-21(9-6-7-15-29)24(37)32-19-11-13-20(14-12-19)35(41)42/h11-14,17-18,21-22H,6-10,15-16,29H2,1-5H3,(H,30,36)(H,31,40)(H,32,37)(H,33,38)/t17-,18-,21-,22-/m0/s1. The number of ether oxygens (including phenoxy) is 1. The van der Waals surface area contributed by atoms with Gasteiger partial charge in [-0.25, -0.2) is 4.79 Å². The summed E-state index contributed by atoms with van der Waals surface area (Å²) in [6, 6.07) is 1.54. The third-order valence-corrected chi connectivity index (χ3v) is 6.62. The number of nitro benzene ring substituents is 1. The number of carbonyl (C=O) groups excluding carboxylic acids is 5. The van der Waals surface area contributed by atoms with Crippen molar-refractivity contribution < 1.29 is 33.6 Å². The lowest BCUT2D eigenvalue weighted by atomic mass is 10.1. The maximum atomic E-state index is 13.3. The second-order valence-corrected chi connectivity index (χ2v) is 11.4. The number of rotatable bonds is 13. The van der Waals surface area contributed by atoms with Gasteiger partial charge in [-0.15, -0.1) is 0 Å². The molecule has 5 amide bonds. The lowest BCUT2D eigenvalue weighted by Gasteiger charge is -2.29. The summed E-state index contributed by atoms with van der Waals surface area (Å²) in [5.41, 5.74) is 5.04. The second-order valence-electron chi connectivity index (χ2n) is 11.4. The fourth-order valence-electron chi connectivity index (χ4n) is 4.43. The summed E-state index contributed by atoms with van der Waals surface area (Å²) in [6.07, 6.45) is 1.62. The van der Waals surface area contributed by atoms with E-state index in [1.54, 1.807) is 20.8 Å². The number of nitrogens with zero attached hydrogens (tertiary/aromatic N) is 2. The molecule has 1 aromatic carbocycles. The van der Waals surface area contributed by atoms with Gasteiger partial charge in [0.15, 0.2) is 0 Å². The monoisotopic (exact) mass is 605 g/mol. The Morgan fingerprint density at radius 1 is 1.02 bits per heavy atom. The molecule has 1 heterocycles. The van der Waals surface area contributed by atoms with Crippen molar-refractivity contribution in [2.45, 2.75) is 96.5 Å². The quantitative estimate of drug-likeness (QED) is 0.125. The highest BCUT2D eigenvalue weighted by atomic mass is 16.6. The summed E-state index contributed by atoms with van der Waals surface area (Å²) in [4.78, 5) is 76.0. The Kier molecular flexibility index (Phi) is 12.8.